The van der Waals surface area contributed by atoms with E-state index in [0.717, 1.165) is 8.66 Å². The van der Waals surface area contributed by atoms with E-state index in [1.165, 1.54) is 40.2 Å². The Morgan fingerprint density at radius 2 is 0.963 bits per heavy atom. The van der Waals surface area contributed by atoms with Crippen LogP contribution in [0.2, 0.25) is 39.3 Å². The number of carbonyl (C=O) groups is 3. The number of rotatable bonds is 3. The molecule has 0 bridgehead atoms. The van der Waals surface area contributed by atoms with E-state index in [0.29, 0.717) is 20.3 Å². The molecule has 3 N–H and O–H groups in total. The molecule has 3 amide bonds. The third-order valence-electron chi connectivity index (χ3n) is 4.45. The van der Waals surface area contributed by atoms with Gasteiger partial charge in [-0.05, 0) is 78.2 Å². The summed E-state index contributed by atoms with van der Waals surface area (Å²) < 4.78 is 16.1. The summed E-state index contributed by atoms with van der Waals surface area (Å²) in [6, 6.07) is 0. The van der Waals surface area contributed by atoms with Crippen LogP contribution in [0.1, 0.15) is 72.1 Å². The number of terminal acetylenes is 2. The molecule has 0 unspecified atom stereocenters. The zero-order valence-corrected chi connectivity index (χ0v) is 39.8. The number of aromatic nitrogens is 3. The third kappa shape index (κ3) is 28.8. The summed E-state index contributed by atoms with van der Waals surface area (Å²) in [5.41, 5.74) is 4.48. The third-order valence-corrected chi connectivity index (χ3v) is 9.25. The lowest BCUT2D eigenvalue weighted by Gasteiger charge is -2.18. The van der Waals surface area contributed by atoms with E-state index in [2.05, 4.69) is 109 Å². The Balaban J connectivity index is 0.000000732. The van der Waals surface area contributed by atoms with Gasteiger partial charge in [0.05, 0.1) is 32.1 Å². The zero-order valence-electron chi connectivity index (χ0n) is 33.8. The van der Waals surface area contributed by atoms with E-state index < -0.39 is 51.2 Å². The molecule has 0 saturated carbocycles. The Kier molecular flexibility index (Phi) is 20.5. The first-order valence-corrected chi connectivity index (χ1v) is 26.6. The first-order chi connectivity index (χ1) is 24.4. The Morgan fingerprint density at radius 3 is 1.24 bits per heavy atom. The van der Waals surface area contributed by atoms with Gasteiger partial charge in [-0.3, -0.25) is 16.0 Å². The molecule has 18 heteroatoms. The van der Waals surface area contributed by atoms with Gasteiger partial charge < -0.3 is 14.2 Å². The van der Waals surface area contributed by atoms with E-state index in [1.807, 2.05) is 41.5 Å². The summed E-state index contributed by atoms with van der Waals surface area (Å²) in [6.45, 7) is 29.2. The van der Waals surface area contributed by atoms with Gasteiger partial charge in [0.1, 0.15) is 33.0 Å². The van der Waals surface area contributed by atoms with E-state index >= 15 is 0 Å². The van der Waals surface area contributed by atoms with E-state index in [4.69, 9.17) is 27.1 Å². The van der Waals surface area contributed by atoms with Crippen LogP contribution < -0.4 is 16.0 Å². The molecule has 3 heterocycles. The number of nitrogens with one attached hydrogen (secondary N) is 3. The lowest BCUT2D eigenvalue weighted by molar-refractivity contribution is 0.0624. The number of hydrogen-bond acceptors (Lipinski definition) is 12. The van der Waals surface area contributed by atoms with Gasteiger partial charge in [0.15, 0.2) is 15.4 Å². The fourth-order valence-corrected chi connectivity index (χ4v) is 5.48. The molecule has 12 nitrogen and oxygen atoms in total. The van der Waals surface area contributed by atoms with E-state index in [1.54, 1.807) is 33.2 Å². The van der Waals surface area contributed by atoms with Crippen LogP contribution in [0.15, 0.2) is 22.4 Å². The summed E-state index contributed by atoms with van der Waals surface area (Å²) in [4.78, 5) is 47.6. The highest BCUT2D eigenvalue weighted by molar-refractivity contribution is 9.11. The first-order valence-electron chi connectivity index (χ1n) is 16.4. The number of amides is 3. The van der Waals surface area contributed by atoms with Crippen molar-refractivity contribution in [2.24, 2.45) is 0 Å². The van der Waals surface area contributed by atoms with Crippen LogP contribution in [0, 0.1) is 35.8 Å². The van der Waals surface area contributed by atoms with E-state index in [9.17, 15) is 14.4 Å². The normalized spacial score (nSPS) is 11.0. The minimum Gasteiger partial charge on any atom is -0.444 e. The van der Waals surface area contributed by atoms with Crippen LogP contribution >= 0.6 is 49.9 Å². The summed E-state index contributed by atoms with van der Waals surface area (Å²) in [5, 5.41) is 9.12. The summed E-state index contributed by atoms with van der Waals surface area (Å²) in [6.07, 6.45) is 13.6. The number of ether oxygens (including phenoxy) is 3. The highest BCUT2D eigenvalue weighted by atomic mass is 79.9. The van der Waals surface area contributed by atoms with Gasteiger partial charge in [0.2, 0.25) is 0 Å². The minimum absolute atomic E-state index is 0.442. The van der Waals surface area contributed by atoms with Gasteiger partial charge in [0.25, 0.3) is 0 Å². The molecular formula is C36H53BrN6O6S3Si2. The zero-order chi connectivity index (χ0) is 42.1. The van der Waals surface area contributed by atoms with Crippen molar-refractivity contribution in [1.29, 1.82) is 0 Å². The van der Waals surface area contributed by atoms with Gasteiger partial charge in [-0.15, -0.1) is 23.9 Å². The predicted molar refractivity (Wildman–Crippen MR) is 234 cm³/mol. The maximum absolute atomic E-state index is 11.6. The molecule has 296 valence electrons. The molecule has 54 heavy (non-hydrogen) atoms. The van der Waals surface area contributed by atoms with E-state index in [-0.39, 0.29) is 0 Å². The Bertz CT molecular complexity index is 1820. The summed E-state index contributed by atoms with van der Waals surface area (Å²) >= 11 is 7.16. The van der Waals surface area contributed by atoms with Gasteiger partial charge in [-0.25, -0.2) is 29.3 Å². The molecule has 3 aromatic rings. The molecule has 0 atom stereocenters. The van der Waals surface area contributed by atoms with Crippen molar-refractivity contribution in [3.63, 3.8) is 0 Å². The summed E-state index contributed by atoms with van der Waals surface area (Å²) in [5.74, 6) is 5.53. The van der Waals surface area contributed by atoms with Crippen molar-refractivity contribution in [2.75, 3.05) is 16.0 Å². The maximum Gasteiger partial charge on any atom is 0.413 e. The number of carbonyl (C=O) groups excluding carboxylic acids is 3. The van der Waals surface area contributed by atoms with Crippen molar-refractivity contribution in [3.8, 4) is 35.8 Å². The van der Waals surface area contributed by atoms with Crippen molar-refractivity contribution in [2.45, 2.75) is 118 Å². The molecule has 0 aliphatic rings. The second-order valence-electron chi connectivity index (χ2n) is 15.9. The van der Waals surface area contributed by atoms with Crippen molar-refractivity contribution in [3.05, 3.63) is 32.1 Å². The first kappa shape index (κ1) is 50.3. The number of anilines is 3. The molecule has 3 rings (SSSR count). The van der Waals surface area contributed by atoms with Crippen molar-refractivity contribution >= 4 is 99.8 Å². The predicted octanol–water partition coefficient (Wildman–Crippen LogP) is 10.9. The van der Waals surface area contributed by atoms with Gasteiger partial charge in [0, 0.05) is 0 Å². The lowest BCUT2D eigenvalue weighted by atomic mass is 10.2. The number of hydrogen-bond donors (Lipinski definition) is 3. The Morgan fingerprint density at radius 1 is 0.630 bits per heavy atom. The fraction of sp³-hybridized carbons (Fsp3) is 0.500. The largest absolute Gasteiger partial charge is 0.444 e. The molecule has 0 saturated heterocycles. The summed E-state index contributed by atoms with van der Waals surface area (Å²) in [7, 11) is -2.49. The fourth-order valence-electron chi connectivity index (χ4n) is 2.52. The van der Waals surface area contributed by atoms with Crippen LogP contribution in [0.3, 0.4) is 0 Å². The quantitative estimate of drug-likeness (QED) is 0.132. The molecule has 0 aromatic carbocycles. The van der Waals surface area contributed by atoms with Crippen molar-refractivity contribution in [1.82, 2.24) is 15.0 Å². The second kappa shape index (κ2) is 22.0. The number of thiazole rings is 3. The average Bonchev–Trinajstić information content (AvgIpc) is 3.70. The topological polar surface area (TPSA) is 154 Å². The van der Waals surface area contributed by atoms with Gasteiger partial charge in [-0.2, -0.15) is 0 Å². The van der Waals surface area contributed by atoms with Crippen LogP contribution in [-0.2, 0) is 14.2 Å². The SMILES string of the molecule is C#C[Si](C)(C)C.C#Cc1cnc(NC(=O)OC(C)(C)C)s1.CC(C)(C)OC(=O)Nc1ncc(Br)s1.CC(C)(C)OC(=O)Nc1ncc(C#C[Si](C)(C)C)s1. The second-order valence-corrected chi connectivity index (χ2v) is 30.0. The lowest BCUT2D eigenvalue weighted by Crippen LogP contribution is -2.27. The van der Waals surface area contributed by atoms with Crippen LogP contribution in [0.4, 0.5) is 29.8 Å². The molecule has 0 spiro atoms. The van der Waals surface area contributed by atoms with Gasteiger partial charge in [-0.1, -0.05) is 85.1 Å². The maximum atomic E-state index is 11.6. The van der Waals surface area contributed by atoms with Crippen LogP contribution in [0.25, 0.3) is 0 Å². The standard InChI is InChI=1S/C13H20N2O2SSi.C10H12N2O2S.C8H11BrN2O2S.C5H10Si/c1-13(2,3)17-12(16)15-11-14-9-10(18-11)7-8-19(4,5)6;1-5-7-6-11-8(15-7)12-9(13)14-10(2,3)4;1-8(2,3)13-7(12)11-6-10-4-5(9)14-6;1-5-6(2,3)4/h9H,1-6H3,(H,14,15,16);1,6H,2-4H3,(H,11,12,13);4H,1-3H3,(H,10,11,12);1H,2-4H3. The smallest absolute Gasteiger partial charge is 0.413 e. The molecule has 0 fully saturated rings. The molecule has 0 radical (unpaired) electrons. The number of halogens is 1. The number of nitrogens with zero attached hydrogens (tertiary/aromatic N) is 3. The van der Waals surface area contributed by atoms with Crippen LogP contribution in [0.5, 0.6) is 0 Å². The van der Waals surface area contributed by atoms with Gasteiger partial charge >= 0.3 is 18.3 Å². The Hall–Kier alpha value is -3.71. The van der Waals surface area contributed by atoms with Crippen molar-refractivity contribution < 1.29 is 28.6 Å². The molecular weight excluding hydrogens is 845 g/mol. The molecule has 0 aliphatic carbocycles. The highest BCUT2D eigenvalue weighted by Gasteiger charge is 2.19. The Labute approximate surface area is 343 Å². The average molecular weight is 898 g/mol. The monoisotopic (exact) mass is 896 g/mol. The molecule has 0 aliphatic heterocycles. The highest BCUT2D eigenvalue weighted by Crippen LogP contribution is 2.24. The molecule has 3 aromatic heterocycles. The van der Waals surface area contributed by atoms with Crippen LogP contribution in [-0.4, -0.2) is 66.2 Å². The minimum atomic E-state index is -1.39.